The molecule has 0 saturated carbocycles. The quantitative estimate of drug-likeness (QED) is 0.0919. The number of hydrogen-bond acceptors (Lipinski definition) is 5. The molecule has 0 fully saturated rings. The van der Waals surface area contributed by atoms with Crippen LogP contribution in [-0.4, -0.2) is 43.8 Å². The van der Waals surface area contributed by atoms with Crippen molar-refractivity contribution in [3.63, 3.8) is 0 Å². The predicted octanol–water partition coefficient (Wildman–Crippen LogP) is 6.35. The van der Waals surface area contributed by atoms with Crippen LogP contribution < -0.4 is 0 Å². The van der Waals surface area contributed by atoms with Crippen LogP contribution in [0.15, 0.2) is 24.3 Å². The zero-order valence-corrected chi connectivity index (χ0v) is 20.4. The van der Waals surface area contributed by atoms with Gasteiger partial charge >= 0.3 is 5.97 Å². The molecule has 31 heavy (non-hydrogen) atoms. The predicted molar refractivity (Wildman–Crippen MR) is 128 cm³/mol. The van der Waals surface area contributed by atoms with Crippen LogP contribution in [0, 0.1) is 5.92 Å². The summed E-state index contributed by atoms with van der Waals surface area (Å²) in [6.45, 7) is 7.87. The first-order chi connectivity index (χ1) is 15.1. The van der Waals surface area contributed by atoms with Crippen molar-refractivity contribution in [2.24, 2.45) is 5.92 Å². The third-order valence-corrected chi connectivity index (χ3v) is 4.87. The van der Waals surface area contributed by atoms with Crippen molar-refractivity contribution in [1.29, 1.82) is 0 Å². The maximum atomic E-state index is 11.8. The number of allylic oxidation sites excluding steroid dienone is 2. The van der Waals surface area contributed by atoms with Gasteiger partial charge in [-0.25, -0.2) is 0 Å². The number of unbranched alkanes of at least 4 members (excludes halogenated alkanes) is 5. The van der Waals surface area contributed by atoms with E-state index in [4.69, 9.17) is 19.3 Å². The van der Waals surface area contributed by atoms with Crippen molar-refractivity contribution < 1.29 is 24.1 Å². The second-order valence-electron chi connectivity index (χ2n) is 8.19. The molecule has 0 aliphatic rings. The molecule has 0 aromatic rings. The third kappa shape index (κ3) is 21.8. The summed E-state index contributed by atoms with van der Waals surface area (Å²) >= 11 is 0. The number of ether oxygens (including phenoxy) is 3. The first-order valence-corrected chi connectivity index (χ1v) is 12.4. The highest BCUT2D eigenvalue weighted by molar-refractivity contribution is 5.69. The Balaban J connectivity index is 4.13. The van der Waals surface area contributed by atoms with E-state index in [-0.39, 0.29) is 31.4 Å². The standard InChI is InChI=1S/C26H48O5/c1-4-6-8-10-12-16-20-29-26(30-21-17-13-11-9-7-5-2)19-15-14-18-25(28)31-23-24(3)22-27/h10-13,24,26-27H,4-9,14-23H2,1-3H3/b12-10-,13-11-. The van der Waals surface area contributed by atoms with E-state index in [1.165, 1.54) is 25.7 Å². The number of aliphatic hydroxyl groups excluding tert-OH is 1. The summed E-state index contributed by atoms with van der Waals surface area (Å²) in [6, 6.07) is 0. The zero-order valence-electron chi connectivity index (χ0n) is 20.4. The Bertz CT molecular complexity index is 423. The Hall–Kier alpha value is -1.17. The lowest BCUT2D eigenvalue weighted by Gasteiger charge is -2.18. The topological polar surface area (TPSA) is 65.0 Å². The van der Waals surface area contributed by atoms with Gasteiger partial charge in [-0.2, -0.15) is 0 Å². The average Bonchev–Trinajstić information content (AvgIpc) is 2.78. The number of carbonyl (C=O) groups excluding carboxylic acids is 1. The van der Waals surface area contributed by atoms with Crippen molar-refractivity contribution in [2.45, 2.75) is 104 Å². The molecule has 5 heteroatoms. The Morgan fingerprint density at radius 1 is 0.839 bits per heavy atom. The highest BCUT2D eigenvalue weighted by Crippen LogP contribution is 2.11. The number of rotatable bonds is 22. The lowest BCUT2D eigenvalue weighted by molar-refractivity contribution is -0.148. The van der Waals surface area contributed by atoms with E-state index in [1.807, 2.05) is 6.92 Å². The van der Waals surface area contributed by atoms with Crippen LogP contribution in [0.3, 0.4) is 0 Å². The molecule has 1 N–H and O–H groups in total. The van der Waals surface area contributed by atoms with E-state index in [9.17, 15) is 4.79 Å². The molecule has 0 saturated heterocycles. The summed E-state index contributed by atoms with van der Waals surface area (Å²) in [7, 11) is 0. The number of aliphatic hydroxyl groups is 1. The minimum absolute atomic E-state index is 0.0119. The molecule has 0 aliphatic carbocycles. The molecule has 182 valence electrons. The molecule has 0 radical (unpaired) electrons. The Morgan fingerprint density at radius 3 is 1.90 bits per heavy atom. The van der Waals surface area contributed by atoms with Crippen LogP contribution >= 0.6 is 0 Å². The summed E-state index contributed by atoms with van der Waals surface area (Å²) < 4.78 is 17.1. The second kappa shape index (κ2) is 23.5. The van der Waals surface area contributed by atoms with Crippen LogP contribution in [-0.2, 0) is 19.0 Å². The van der Waals surface area contributed by atoms with Crippen LogP contribution in [0.2, 0.25) is 0 Å². The van der Waals surface area contributed by atoms with Crippen LogP contribution in [0.5, 0.6) is 0 Å². The minimum Gasteiger partial charge on any atom is -0.465 e. The molecule has 1 unspecified atom stereocenters. The summed E-state index contributed by atoms with van der Waals surface area (Å²) in [5.74, 6) is -0.213. The Kier molecular flexibility index (Phi) is 22.6. The fourth-order valence-corrected chi connectivity index (χ4v) is 2.81. The van der Waals surface area contributed by atoms with E-state index in [0.717, 1.165) is 44.9 Å². The molecular formula is C26H48O5. The van der Waals surface area contributed by atoms with Gasteiger partial charge in [-0.1, -0.05) is 70.8 Å². The van der Waals surface area contributed by atoms with Crippen molar-refractivity contribution in [3.05, 3.63) is 24.3 Å². The molecule has 5 nitrogen and oxygen atoms in total. The molecule has 1 atom stereocenters. The Labute approximate surface area is 191 Å². The van der Waals surface area contributed by atoms with Gasteiger partial charge in [-0.05, 0) is 44.9 Å². The lowest BCUT2D eigenvalue weighted by Crippen LogP contribution is -2.19. The maximum absolute atomic E-state index is 11.8. The van der Waals surface area contributed by atoms with Crippen LogP contribution in [0.4, 0.5) is 0 Å². The summed E-state index contributed by atoms with van der Waals surface area (Å²) in [6.07, 6.45) is 20.4. The summed E-state index contributed by atoms with van der Waals surface area (Å²) in [5.41, 5.74) is 0. The maximum Gasteiger partial charge on any atom is 0.305 e. The molecule has 0 heterocycles. The van der Waals surface area contributed by atoms with Gasteiger partial charge in [0.2, 0.25) is 0 Å². The SMILES string of the molecule is CCCC/C=C\CCOC(CCCCC(=O)OCC(C)CO)OCC/C=C\CCCC. The largest absolute Gasteiger partial charge is 0.465 e. The van der Waals surface area contributed by atoms with Gasteiger partial charge in [0, 0.05) is 18.9 Å². The van der Waals surface area contributed by atoms with E-state index in [2.05, 4.69) is 38.2 Å². The van der Waals surface area contributed by atoms with Gasteiger partial charge in [0.25, 0.3) is 0 Å². The number of hydrogen-bond donors (Lipinski definition) is 1. The smallest absolute Gasteiger partial charge is 0.305 e. The molecule has 0 aliphatic heterocycles. The monoisotopic (exact) mass is 440 g/mol. The van der Waals surface area contributed by atoms with Gasteiger partial charge in [-0.3, -0.25) is 4.79 Å². The first kappa shape index (κ1) is 29.8. The number of esters is 1. The van der Waals surface area contributed by atoms with Crippen molar-refractivity contribution in [2.75, 3.05) is 26.4 Å². The molecule has 0 bridgehead atoms. The molecule has 0 rings (SSSR count). The highest BCUT2D eigenvalue weighted by Gasteiger charge is 2.11. The van der Waals surface area contributed by atoms with Gasteiger partial charge in [0.05, 0.1) is 19.8 Å². The average molecular weight is 441 g/mol. The van der Waals surface area contributed by atoms with Crippen LogP contribution in [0.1, 0.15) is 97.8 Å². The third-order valence-electron chi connectivity index (χ3n) is 4.87. The zero-order chi connectivity index (χ0) is 23.0. The lowest BCUT2D eigenvalue weighted by atomic mass is 10.2. The van der Waals surface area contributed by atoms with E-state index >= 15 is 0 Å². The molecule has 0 aromatic heterocycles. The highest BCUT2D eigenvalue weighted by atomic mass is 16.7. The van der Waals surface area contributed by atoms with Crippen LogP contribution in [0.25, 0.3) is 0 Å². The van der Waals surface area contributed by atoms with Gasteiger partial charge in [-0.15, -0.1) is 0 Å². The van der Waals surface area contributed by atoms with Gasteiger partial charge < -0.3 is 19.3 Å². The van der Waals surface area contributed by atoms with Gasteiger partial charge in [0.15, 0.2) is 6.29 Å². The summed E-state index contributed by atoms with van der Waals surface area (Å²) in [4.78, 5) is 11.8. The normalized spacial score (nSPS) is 12.9. The molecule has 0 spiro atoms. The fourth-order valence-electron chi connectivity index (χ4n) is 2.81. The minimum atomic E-state index is -0.224. The first-order valence-electron chi connectivity index (χ1n) is 12.4. The van der Waals surface area contributed by atoms with Crippen molar-refractivity contribution >= 4 is 5.97 Å². The van der Waals surface area contributed by atoms with E-state index < -0.39 is 0 Å². The van der Waals surface area contributed by atoms with Crippen molar-refractivity contribution in [1.82, 2.24) is 0 Å². The second-order valence-corrected chi connectivity index (χ2v) is 8.19. The molecule has 0 aromatic carbocycles. The van der Waals surface area contributed by atoms with Gasteiger partial charge in [0.1, 0.15) is 0 Å². The molecular weight excluding hydrogens is 392 g/mol. The van der Waals surface area contributed by atoms with E-state index in [1.54, 1.807) is 0 Å². The summed E-state index contributed by atoms with van der Waals surface area (Å²) in [5, 5.41) is 8.98. The van der Waals surface area contributed by atoms with E-state index in [0.29, 0.717) is 19.6 Å². The van der Waals surface area contributed by atoms with Crippen molar-refractivity contribution in [3.8, 4) is 0 Å². The number of carbonyl (C=O) groups is 1. The Morgan fingerprint density at radius 2 is 1.39 bits per heavy atom. The fraction of sp³-hybridized carbons (Fsp3) is 0.808. The molecule has 0 amide bonds.